The largest absolute Gasteiger partial charge is 0.480 e. The molecule has 0 rings (SSSR count). The zero-order valence-corrected chi connectivity index (χ0v) is 7.85. The summed E-state index contributed by atoms with van der Waals surface area (Å²) in [5.74, 6) is -0.0393. The lowest BCUT2D eigenvalue weighted by Crippen LogP contribution is -2.16. The second-order valence-corrected chi connectivity index (χ2v) is 3.73. The van der Waals surface area contributed by atoms with Crippen molar-refractivity contribution in [3.05, 3.63) is 0 Å². The summed E-state index contributed by atoms with van der Waals surface area (Å²) in [6.45, 7) is 3.59. The van der Waals surface area contributed by atoms with Crippen LogP contribution in [-0.2, 0) is 9.53 Å². The van der Waals surface area contributed by atoms with Crippen LogP contribution >= 0.6 is 11.8 Å². The van der Waals surface area contributed by atoms with Gasteiger partial charge in [0.05, 0.1) is 11.4 Å². The van der Waals surface area contributed by atoms with Crippen molar-refractivity contribution in [3.8, 4) is 0 Å². The van der Waals surface area contributed by atoms with Gasteiger partial charge in [-0.05, 0) is 13.8 Å². The summed E-state index contributed by atoms with van der Waals surface area (Å²) in [6.07, 6.45) is 0.127. The number of carbonyl (C=O) groups is 1. The molecule has 0 aromatic heterocycles. The van der Waals surface area contributed by atoms with Gasteiger partial charge in [0, 0.05) is 12.9 Å². The van der Waals surface area contributed by atoms with E-state index in [1.54, 1.807) is 14.0 Å². The molecule has 0 radical (unpaired) electrons. The number of carboxylic acid groups (broad SMARTS) is 1. The summed E-state index contributed by atoms with van der Waals surface area (Å²) in [5.41, 5.74) is 0. The average molecular weight is 178 g/mol. The third-order valence-corrected chi connectivity index (χ3v) is 2.69. The van der Waals surface area contributed by atoms with E-state index in [0.29, 0.717) is 0 Å². The Morgan fingerprint density at radius 2 is 2.18 bits per heavy atom. The Morgan fingerprint density at radius 3 is 2.55 bits per heavy atom. The third-order valence-electron chi connectivity index (χ3n) is 1.33. The summed E-state index contributed by atoms with van der Waals surface area (Å²) >= 11 is 1.39. The van der Waals surface area contributed by atoms with Gasteiger partial charge in [-0.25, -0.2) is 0 Å². The quantitative estimate of drug-likeness (QED) is 0.687. The van der Waals surface area contributed by atoms with E-state index >= 15 is 0 Å². The van der Waals surface area contributed by atoms with Crippen molar-refractivity contribution in [3.63, 3.8) is 0 Å². The Balaban J connectivity index is 3.45. The highest BCUT2D eigenvalue weighted by Crippen LogP contribution is 2.12. The fourth-order valence-electron chi connectivity index (χ4n) is 0.419. The van der Waals surface area contributed by atoms with Gasteiger partial charge in [-0.3, -0.25) is 4.79 Å². The molecule has 1 N–H and O–H groups in total. The van der Waals surface area contributed by atoms with Gasteiger partial charge >= 0.3 is 5.97 Å². The minimum absolute atomic E-state index is 0.127. The topological polar surface area (TPSA) is 46.5 Å². The van der Waals surface area contributed by atoms with Crippen molar-refractivity contribution < 1.29 is 14.6 Å². The highest BCUT2D eigenvalue weighted by atomic mass is 32.2. The summed E-state index contributed by atoms with van der Waals surface area (Å²) < 4.78 is 4.97. The van der Waals surface area contributed by atoms with Gasteiger partial charge in [-0.2, -0.15) is 0 Å². The van der Waals surface area contributed by atoms with E-state index in [9.17, 15) is 4.79 Å². The molecule has 0 bridgehead atoms. The molecule has 0 aromatic rings. The average Bonchev–Trinajstić information content (AvgIpc) is 1.99. The standard InChI is InChI=1S/C7H14O3S/c1-5(10-3)4-11-6(2)7(8)9/h5-6H,4H2,1-3H3,(H,8,9). The molecule has 0 aliphatic carbocycles. The normalized spacial score (nSPS) is 15.9. The predicted octanol–water partition coefficient (Wildman–Crippen LogP) is 1.23. The number of rotatable bonds is 5. The molecule has 66 valence electrons. The van der Waals surface area contributed by atoms with Crippen molar-refractivity contribution >= 4 is 17.7 Å². The molecule has 3 nitrogen and oxygen atoms in total. The first-order valence-corrected chi connectivity index (χ1v) is 4.50. The first-order chi connectivity index (χ1) is 5.07. The minimum Gasteiger partial charge on any atom is -0.480 e. The smallest absolute Gasteiger partial charge is 0.316 e. The zero-order valence-electron chi connectivity index (χ0n) is 7.03. The van der Waals surface area contributed by atoms with E-state index in [-0.39, 0.29) is 11.4 Å². The third kappa shape index (κ3) is 5.09. The molecule has 0 aliphatic rings. The maximum Gasteiger partial charge on any atom is 0.316 e. The summed E-state index contributed by atoms with van der Waals surface area (Å²) in [4.78, 5) is 10.3. The fraction of sp³-hybridized carbons (Fsp3) is 0.857. The lowest BCUT2D eigenvalue weighted by molar-refractivity contribution is -0.136. The van der Waals surface area contributed by atoms with Crippen LogP contribution in [0.3, 0.4) is 0 Å². The fourth-order valence-corrected chi connectivity index (χ4v) is 1.26. The second-order valence-electron chi connectivity index (χ2n) is 2.36. The Bertz CT molecular complexity index is 127. The molecule has 2 atom stereocenters. The number of carboxylic acids is 1. The van der Waals surface area contributed by atoms with Crippen molar-refractivity contribution in [1.29, 1.82) is 0 Å². The van der Waals surface area contributed by atoms with Gasteiger partial charge in [0.2, 0.25) is 0 Å². The second kappa shape index (κ2) is 5.43. The van der Waals surface area contributed by atoms with Gasteiger partial charge in [0.15, 0.2) is 0 Å². The zero-order chi connectivity index (χ0) is 8.85. The molecule has 11 heavy (non-hydrogen) atoms. The van der Waals surface area contributed by atoms with E-state index in [1.165, 1.54) is 11.8 Å². The van der Waals surface area contributed by atoms with Gasteiger partial charge in [-0.1, -0.05) is 0 Å². The number of ether oxygens (including phenoxy) is 1. The Labute approximate surface area is 71.1 Å². The minimum atomic E-state index is -0.765. The Kier molecular flexibility index (Phi) is 5.32. The predicted molar refractivity (Wildman–Crippen MR) is 46.0 cm³/mol. The Hall–Kier alpha value is -0.220. The van der Waals surface area contributed by atoms with E-state index in [2.05, 4.69) is 0 Å². The SMILES string of the molecule is COC(C)CSC(C)C(=O)O. The van der Waals surface area contributed by atoms with Gasteiger partial charge in [0.1, 0.15) is 0 Å². The van der Waals surface area contributed by atoms with Crippen LogP contribution in [0.25, 0.3) is 0 Å². The molecule has 0 saturated carbocycles. The maximum atomic E-state index is 10.3. The molecule has 2 unspecified atom stereocenters. The monoisotopic (exact) mass is 178 g/mol. The molecule has 0 fully saturated rings. The van der Waals surface area contributed by atoms with Crippen LogP contribution in [0.15, 0.2) is 0 Å². The lowest BCUT2D eigenvalue weighted by atomic mass is 10.5. The van der Waals surface area contributed by atoms with Crippen LogP contribution in [-0.4, -0.2) is 35.3 Å². The highest BCUT2D eigenvalue weighted by Gasteiger charge is 2.12. The molecule has 0 spiro atoms. The molecule has 0 aromatic carbocycles. The number of thioether (sulfide) groups is 1. The van der Waals surface area contributed by atoms with E-state index in [4.69, 9.17) is 9.84 Å². The van der Waals surface area contributed by atoms with Gasteiger partial charge in [-0.15, -0.1) is 11.8 Å². The van der Waals surface area contributed by atoms with Crippen LogP contribution in [0.2, 0.25) is 0 Å². The molecular formula is C7H14O3S. The van der Waals surface area contributed by atoms with Crippen LogP contribution in [0.4, 0.5) is 0 Å². The van der Waals surface area contributed by atoms with Crippen LogP contribution in [0, 0.1) is 0 Å². The number of aliphatic carboxylic acids is 1. The van der Waals surface area contributed by atoms with E-state index < -0.39 is 5.97 Å². The van der Waals surface area contributed by atoms with Crippen LogP contribution < -0.4 is 0 Å². The Morgan fingerprint density at radius 1 is 1.64 bits per heavy atom. The highest BCUT2D eigenvalue weighted by molar-refractivity contribution is 8.00. The van der Waals surface area contributed by atoms with Crippen LogP contribution in [0.1, 0.15) is 13.8 Å². The van der Waals surface area contributed by atoms with Crippen molar-refractivity contribution in [2.75, 3.05) is 12.9 Å². The summed E-state index contributed by atoms with van der Waals surface area (Å²) in [6, 6.07) is 0. The lowest BCUT2D eigenvalue weighted by Gasteiger charge is -2.10. The first kappa shape index (κ1) is 10.8. The summed E-state index contributed by atoms with van der Waals surface area (Å²) in [7, 11) is 1.62. The van der Waals surface area contributed by atoms with Crippen LogP contribution in [0.5, 0.6) is 0 Å². The van der Waals surface area contributed by atoms with E-state index in [0.717, 1.165) is 5.75 Å². The molecule has 0 amide bonds. The van der Waals surface area contributed by atoms with E-state index in [1.807, 2.05) is 6.92 Å². The van der Waals surface area contributed by atoms with Crippen molar-refractivity contribution in [1.82, 2.24) is 0 Å². The molecule has 0 heterocycles. The molecular weight excluding hydrogens is 164 g/mol. The number of hydrogen-bond acceptors (Lipinski definition) is 3. The maximum absolute atomic E-state index is 10.3. The molecule has 4 heteroatoms. The summed E-state index contributed by atoms with van der Waals surface area (Å²) in [5, 5.41) is 8.17. The van der Waals surface area contributed by atoms with Gasteiger partial charge < -0.3 is 9.84 Å². The van der Waals surface area contributed by atoms with Gasteiger partial charge in [0.25, 0.3) is 0 Å². The molecule has 0 aliphatic heterocycles. The number of hydrogen-bond donors (Lipinski definition) is 1. The number of methoxy groups -OCH3 is 1. The van der Waals surface area contributed by atoms with Crippen molar-refractivity contribution in [2.45, 2.75) is 25.2 Å². The molecule has 0 saturated heterocycles. The first-order valence-electron chi connectivity index (χ1n) is 3.45. The van der Waals surface area contributed by atoms with Crippen molar-refractivity contribution in [2.24, 2.45) is 0 Å².